The van der Waals surface area contributed by atoms with Crippen LogP contribution in [0.25, 0.3) is 0 Å². The van der Waals surface area contributed by atoms with Crippen molar-refractivity contribution >= 4 is 46.8 Å². The maximum Gasteiger partial charge on any atom is 0.289 e. The van der Waals surface area contributed by atoms with Crippen molar-refractivity contribution in [2.75, 3.05) is 39.3 Å². The Morgan fingerprint density at radius 3 is 1.63 bits per heavy atom. The summed E-state index contributed by atoms with van der Waals surface area (Å²) in [6, 6.07) is 17.0. The molecule has 0 aromatic heterocycles. The predicted octanol–water partition coefficient (Wildman–Crippen LogP) is 4.52. The second kappa shape index (κ2) is 20.6. The lowest BCUT2D eigenvalue weighted by Gasteiger charge is -2.45. The molecule has 5 rings (SSSR count). The second-order valence-corrected chi connectivity index (χ2v) is 20.4. The third-order valence-electron chi connectivity index (χ3n) is 10.2. The molecule has 62 heavy (non-hydrogen) atoms. The Hall–Kier alpha value is -5.43. The van der Waals surface area contributed by atoms with Gasteiger partial charge in [0, 0.05) is 37.9 Å². The van der Waals surface area contributed by atoms with Crippen LogP contribution in [-0.4, -0.2) is 99.1 Å². The van der Waals surface area contributed by atoms with E-state index in [2.05, 4.69) is 10.6 Å². The number of rotatable bonds is 17. The number of para-hydroxylation sites is 3. The predicted molar refractivity (Wildman–Crippen MR) is 225 cm³/mol. The zero-order chi connectivity index (χ0) is 45.1. The fraction of sp³-hybridized carbons (Fsp3) is 0.385. The van der Waals surface area contributed by atoms with Crippen molar-refractivity contribution in [3.8, 4) is 5.75 Å². The molecular weight excluding hydrogens is 873 g/mol. The molecule has 3 N–H and O–H groups in total. The summed E-state index contributed by atoms with van der Waals surface area (Å²) in [5, 5.41) is 52.7. The Balaban J connectivity index is 1.97. The number of aryl methyl sites for hydroxylation is 1. The molecule has 20 nitrogen and oxygen atoms in total. The van der Waals surface area contributed by atoms with E-state index in [9.17, 15) is 30.3 Å². The van der Waals surface area contributed by atoms with Crippen molar-refractivity contribution in [3.05, 3.63) is 133 Å². The Morgan fingerprint density at radius 2 is 1.10 bits per heavy atom. The largest absolute Gasteiger partial charge is 0.485 e. The van der Waals surface area contributed by atoms with Crippen molar-refractivity contribution < 1.29 is 49.9 Å². The van der Waals surface area contributed by atoms with E-state index < -0.39 is 99.6 Å². The Labute approximate surface area is 358 Å². The van der Waals surface area contributed by atoms with Crippen LogP contribution in [-0.2, 0) is 36.1 Å². The van der Waals surface area contributed by atoms with Gasteiger partial charge in [-0.15, -0.1) is 0 Å². The zero-order valence-corrected chi connectivity index (χ0v) is 35.7. The summed E-state index contributed by atoms with van der Waals surface area (Å²) in [7, 11) is -18.2. The first kappa shape index (κ1) is 47.6. The fourth-order valence-electron chi connectivity index (χ4n) is 7.28. The molecule has 1 fully saturated rings. The summed E-state index contributed by atoms with van der Waals surface area (Å²) in [5.74, 6) is -0.183. The Bertz CT molecular complexity index is 2490. The SMILES string of the molecule is O=[N+]([O-])c1ccccc1S(=O)(=O)N1CCCNCCCNCC(Oc2ccc(CCCCCCO)cc2)C1(S(=O)(=O)c1ccccc1[N+](=O)[O-])S(=O)(=O)c1ccccc1[N+](=O)[O-]. The van der Waals surface area contributed by atoms with Crippen molar-refractivity contribution in [2.24, 2.45) is 0 Å². The molecule has 1 heterocycles. The van der Waals surface area contributed by atoms with Gasteiger partial charge in [-0.05, 0) is 87.6 Å². The molecule has 0 saturated carbocycles. The van der Waals surface area contributed by atoms with Gasteiger partial charge in [0.1, 0.15) is 15.5 Å². The number of nitrogens with one attached hydrogen (secondary N) is 2. The minimum absolute atomic E-state index is 0.0246. The van der Waals surface area contributed by atoms with E-state index in [1.807, 2.05) is 0 Å². The van der Waals surface area contributed by atoms with Crippen LogP contribution in [0.5, 0.6) is 5.75 Å². The highest BCUT2D eigenvalue weighted by molar-refractivity contribution is 8.11. The third kappa shape index (κ3) is 9.78. The van der Waals surface area contributed by atoms with Gasteiger partial charge in [-0.1, -0.05) is 61.4 Å². The van der Waals surface area contributed by atoms with Crippen LogP contribution < -0.4 is 15.4 Å². The van der Waals surface area contributed by atoms with Crippen molar-refractivity contribution in [1.29, 1.82) is 0 Å². The highest BCUT2D eigenvalue weighted by atomic mass is 32.3. The monoisotopic (exact) mass is 918 g/mol. The number of nitro benzene ring substituents is 3. The first-order valence-electron chi connectivity index (χ1n) is 19.5. The highest BCUT2D eigenvalue weighted by Crippen LogP contribution is 2.49. The third-order valence-corrected chi connectivity index (χ3v) is 18.0. The van der Waals surface area contributed by atoms with Gasteiger partial charge in [-0.25, -0.2) is 25.3 Å². The van der Waals surface area contributed by atoms with Crippen LogP contribution >= 0.6 is 0 Å². The molecule has 0 aliphatic carbocycles. The van der Waals surface area contributed by atoms with Gasteiger partial charge in [-0.2, -0.15) is 4.31 Å². The minimum Gasteiger partial charge on any atom is -0.485 e. The average molecular weight is 919 g/mol. The van der Waals surface area contributed by atoms with E-state index in [0.717, 1.165) is 85.5 Å². The normalized spacial score (nSPS) is 17.0. The highest BCUT2D eigenvalue weighted by Gasteiger charge is 2.71. The molecule has 1 atom stereocenters. The molecule has 0 amide bonds. The molecule has 1 unspecified atom stereocenters. The van der Waals surface area contributed by atoms with Gasteiger partial charge >= 0.3 is 0 Å². The number of nitrogens with zero attached hydrogens (tertiary/aromatic N) is 4. The number of hydrogen-bond donors (Lipinski definition) is 3. The molecular formula is C39H46N6O14S3. The summed E-state index contributed by atoms with van der Waals surface area (Å²) in [5.41, 5.74) is -2.62. The fourth-order valence-corrected chi connectivity index (χ4v) is 15.5. The van der Waals surface area contributed by atoms with E-state index in [-0.39, 0.29) is 36.2 Å². The molecule has 23 heteroatoms. The number of unbranched alkanes of at least 4 members (excludes halogenated alkanes) is 3. The van der Waals surface area contributed by atoms with Gasteiger partial charge in [-0.3, -0.25) is 30.3 Å². The number of hydrogen-bond acceptors (Lipinski definition) is 16. The molecule has 1 aliphatic rings. The van der Waals surface area contributed by atoms with E-state index in [1.54, 1.807) is 12.1 Å². The summed E-state index contributed by atoms with van der Waals surface area (Å²) < 4.78 is 97.5. The maximum atomic E-state index is 16.1. The molecule has 0 radical (unpaired) electrons. The lowest BCUT2D eigenvalue weighted by molar-refractivity contribution is -0.388. The number of nitro groups is 3. The van der Waals surface area contributed by atoms with Crippen LogP contribution in [0.2, 0.25) is 0 Å². The number of ether oxygens (including phenoxy) is 1. The number of sulfonamides is 1. The van der Waals surface area contributed by atoms with Crippen molar-refractivity contribution in [1.82, 2.24) is 14.9 Å². The van der Waals surface area contributed by atoms with E-state index in [0.29, 0.717) is 37.9 Å². The van der Waals surface area contributed by atoms with Gasteiger partial charge in [0.15, 0.2) is 11.0 Å². The quantitative estimate of drug-likeness (QED) is 0.0745. The van der Waals surface area contributed by atoms with Crippen molar-refractivity contribution in [3.63, 3.8) is 0 Å². The molecule has 4 aromatic rings. The van der Waals surface area contributed by atoms with Crippen molar-refractivity contribution in [2.45, 2.75) is 69.9 Å². The van der Waals surface area contributed by atoms with Gasteiger partial charge in [0.05, 0.1) is 14.8 Å². The lowest BCUT2D eigenvalue weighted by atomic mass is 10.1. The maximum absolute atomic E-state index is 16.1. The summed E-state index contributed by atoms with van der Waals surface area (Å²) in [6.07, 6.45) is 1.13. The Kier molecular flexibility index (Phi) is 15.8. The number of benzene rings is 4. The first-order valence-corrected chi connectivity index (χ1v) is 23.9. The van der Waals surface area contributed by atoms with E-state index in [1.165, 1.54) is 12.1 Å². The van der Waals surface area contributed by atoms with Gasteiger partial charge < -0.3 is 20.5 Å². The molecule has 1 saturated heterocycles. The summed E-state index contributed by atoms with van der Waals surface area (Å²) in [6.45, 7) is -1.41. The number of aliphatic hydroxyl groups excluding tert-OH is 1. The van der Waals surface area contributed by atoms with Crippen LogP contribution in [0.1, 0.15) is 44.1 Å². The molecule has 0 bridgehead atoms. The minimum atomic E-state index is -6.19. The number of aliphatic hydroxyl groups is 1. The Morgan fingerprint density at radius 1 is 0.629 bits per heavy atom. The van der Waals surface area contributed by atoms with Gasteiger partial charge in [0.2, 0.25) is 19.7 Å². The summed E-state index contributed by atoms with van der Waals surface area (Å²) >= 11 is 0. The molecule has 0 spiro atoms. The van der Waals surface area contributed by atoms with Crippen LogP contribution in [0.3, 0.4) is 0 Å². The van der Waals surface area contributed by atoms with E-state index >= 15 is 25.3 Å². The van der Waals surface area contributed by atoms with Crippen LogP contribution in [0.4, 0.5) is 17.1 Å². The number of sulfone groups is 2. The van der Waals surface area contributed by atoms with Gasteiger partial charge in [0.25, 0.3) is 31.3 Å². The van der Waals surface area contributed by atoms with E-state index in [4.69, 9.17) is 9.84 Å². The standard InChI is InChI=1S/C39H46N6O14S3/c46-28-10-2-1-3-13-30-20-22-31(23-21-30)59-38-29-41-25-11-24-40-26-12-27-42(62(57,58)37-19-9-6-16-34(37)45(51)52)39(38,60(53,54)35-17-7-4-14-32(35)43(47)48)61(55,56)36-18-8-5-15-33(36)44(49)50/h4-9,14-23,38,40-41,46H,1-3,10-13,24-29H2. The van der Waals surface area contributed by atoms with Crippen LogP contribution in [0.15, 0.2) is 112 Å². The second-order valence-electron chi connectivity index (χ2n) is 14.2. The smallest absolute Gasteiger partial charge is 0.289 e. The molecule has 334 valence electrons. The average Bonchev–Trinajstić information content (AvgIpc) is 3.24. The molecule has 4 aromatic carbocycles. The first-order chi connectivity index (χ1) is 29.5. The zero-order valence-electron chi connectivity index (χ0n) is 33.3. The topological polar surface area (TPSA) is 289 Å². The summed E-state index contributed by atoms with van der Waals surface area (Å²) in [4.78, 5) is 30.6. The van der Waals surface area contributed by atoms with Crippen LogP contribution in [0, 0.1) is 30.3 Å². The molecule has 1 aliphatic heterocycles. The lowest BCUT2D eigenvalue weighted by Crippen LogP contribution is -2.71.